The number of carbonyl (C=O) groups excluding carboxylic acids is 1. The summed E-state index contributed by atoms with van der Waals surface area (Å²) in [5.74, 6) is -0.182. The fourth-order valence-corrected chi connectivity index (χ4v) is 1.64. The van der Waals surface area contributed by atoms with Crippen molar-refractivity contribution in [2.45, 2.75) is 12.6 Å². The number of rotatable bonds is 5. The normalized spacial score (nSPS) is 11.6. The number of nitrogens with two attached hydrogens (primary N) is 1. The van der Waals surface area contributed by atoms with Gasteiger partial charge in [0.15, 0.2) is 0 Å². The quantitative estimate of drug-likeness (QED) is 0.811. The molecule has 0 saturated heterocycles. The standard InChI is InChI=1S/C9H14N2O2S.ClH/c1-13-5-8(10)9(12)11-4-7-2-3-14-6-7;/h2-3,6,8H,4-5,10H2,1H3,(H,11,12);1H. The Morgan fingerprint density at radius 3 is 3.00 bits per heavy atom. The highest BCUT2D eigenvalue weighted by Gasteiger charge is 2.11. The summed E-state index contributed by atoms with van der Waals surface area (Å²) in [6.07, 6.45) is 0. The Morgan fingerprint density at radius 2 is 2.47 bits per heavy atom. The van der Waals surface area contributed by atoms with Gasteiger partial charge in [0.1, 0.15) is 6.04 Å². The first-order valence-electron chi connectivity index (χ1n) is 4.27. The fourth-order valence-electron chi connectivity index (χ4n) is 0.969. The molecule has 0 saturated carbocycles. The summed E-state index contributed by atoms with van der Waals surface area (Å²) >= 11 is 1.60. The first-order chi connectivity index (χ1) is 6.74. The molecule has 0 fully saturated rings. The first-order valence-corrected chi connectivity index (χ1v) is 5.21. The average Bonchev–Trinajstić information content (AvgIpc) is 2.67. The summed E-state index contributed by atoms with van der Waals surface area (Å²) in [5, 5.41) is 6.69. The van der Waals surface area contributed by atoms with E-state index in [2.05, 4.69) is 5.32 Å². The van der Waals surface area contributed by atoms with Crippen molar-refractivity contribution in [3.63, 3.8) is 0 Å². The van der Waals surface area contributed by atoms with Crippen LogP contribution in [0, 0.1) is 0 Å². The van der Waals surface area contributed by atoms with Gasteiger partial charge in [0.25, 0.3) is 0 Å². The number of carbonyl (C=O) groups is 1. The number of ether oxygens (including phenoxy) is 1. The predicted octanol–water partition coefficient (Wildman–Crippen LogP) is 0.760. The minimum atomic E-state index is -0.585. The summed E-state index contributed by atoms with van der Waals surface area (Å²) in [4.78, 5) is 11.3. The SMILES string of the molecule is COCC(N)C(=O)NCc1ccsc1.Cl. The molecule has 1 amide bonds. The van der Waals surface area contributed by atoms with Crippen LogP contribution in [0.25, 0.3) is 0 Å². The molecular weight excluding hydrogens is 236 g/mol. The van der Waals surface area contributed by atoms with Crippen LogP contribution >= 0.6 is 23.7 Å². The van der Waals surface area contributed by atoms with E-state index >= 15 is 0 Å². The largest absolute Gasteiger partial charge is 0.383 e. The minimum Gasteiger partial charge on any atom is -0.383 e. The van der Waals surface area contributed by atoms with E-state index in [1.807, 2.05) is 16.8 Å². The maximum Gasteiger partial charge on any atom is 0.239 e. The highest BCUT2D eigenvalue weighted by molar-refractivity contribution is 7.07. The molecule has 1 aromatic heterocycles. The van der Waals surface area contributed by atoms with E-state index < -0.39 is 6.04 Å². The van der Waals surface area contributed by atoms with E-state index in [9.17, 15) is 4.79 Å². The molecule has 3 N–H and O–H groups in total. The third-order valence-corrected chi connectivity index (χ3v) is 2.46. The van der Waals surface area contributed by atoms with Crippen LogP contribution in [0.3, 0.4) is 0 Å². The van der Waals surface area contributed by atoms with E-state index in [1.165, 1.54) is 7.11 Å². The lowest BCUT2D eigenvalue weighted by atomic mass is 10.3. The molecule has 0 aliphatic heterocycles. The molecule has 0 aliphatic carbocycles. The Hall–Kier alpha value is -0.620. The molecule has 1 atom stereocenters. The maximum atomic E-state index is 11.3. The monoisotopic (exact) mass is 250 g/mol. The summed E-state index contributed by atoms with van der Waals surface area (Å²) in [7, 11) is 1.52. The van der Waals surface area contributed by atoms with E-state index in [0.29, 0.717) is 6.54 Å². The predicted molar refractivity (Wildman–Crippen MR) is 63.3 cm³/mol. The van der Waals surface area contributed by atoms with Crippen LogP contribution in [0.1, 0.15) is 5.56 Å². The molecule has 0 spiro atoms. The van der Waals surface area contributed by atoms with Crippen molar-refractivity contribution >= 4 is 29.7 Å². The van der Waals surface area contributed by atoms with E-state index in [-0.39, 0.29) is 24.9 Å². The zero-order chi connectivity index (χ0) is 10.4. The number of nitrogens with one attached hydrogen (secondary N) is 1. The molecular formula is C9H15ClN2O2S. The fraction of sp³-hybridized carbons (Fsp3) is 0.444. The van der Waals surface area contributed by atoms with E-state index in [1.54, 1.807) is 11.3 Å². The number of hydrogen-bond acceptors (Lipinski definition) is 4. The van der Waals surface area contributed by atoms with Gasteiger partial charge in [-0.25, -0.2) is 0 Å². The van der Waals surface area contributed by atoms with Crippen molar-refractivity contribution in [1.82, 2.24) is 5.32 Å². The van der Waals surface area contributed by atoms with Gasteiger partial charge in [-0.15, -0.1) is 12.4 Å². The average molecular weight is 251 g/mol. The second-order valence-corrected chi connectivity index (χ2v) is 3.69. The van der Waals surface area contributed by atoms with Gasteiger partial charge < -0.3 is 15.8 Å². The molecule has 4 nitrogen and oxygen atoms in total. The van der Waals surface area contributed by atoms with Crippen LogP contribution in [0.15, 0.2) is 16.8 Å². The second kappa shape index (κ2) is 7.64. The van der Waals surface area contributed by atoms with Crippen LogP contribution in [-0.4, -0.2) is 25.7 Å². The van der Waals surface area contributed by atoms with Crippen molar-refractivity contribution in [2.24, 2.45) is 5.73 Å². The minimum absolute atomic E-state index is 0. The van der Waals surface area contributed by atoms with Crippen LogP contribution in [0.5, 0.6) is 0 Å². The first kappa shape index (κ1) is 14.4. The molecule has 15 heavy (non-hydrogen) atoms. The number of halogens is 1. The lowest BCUT2D eigenvalue weighted by molar-refractivity contribution is -0.123. The Bertz CT molecular complexity index is 280. The van der Waals surface area contributed by atoms with Gasteiger partial charge in [-0.2, -0.15) is 11.3 Å². The van der Waals surface area contributed by atoms with Gasteiger partial charge in [-0.3, -0.25) is 4.79 Å². The molecule has 1 aromatic rings. The molecule has 0 aromatic carbocycles. The zero-order valence-corrected chi connectivity index (χ0v) is 10.1. The van der Waals surface area contributed by atoms with Crippen molar-refractivity contribution in [3.8, 4) is 0 Å². The molecule has 6 heteroatoms. The summed E-state index contributed by atoms with van der Waals surface area (Å²) in [6, 6.07) is 1.38. The number of thiophene rings is 1. The molecule has 0 bridgehead atoms. The van der Waals surface area contributed by atoms with Gasteiger partial charge in [0.05, 0.1) is 6.61 Å². The van der Waals surface area contributed by atoms with Gasteiger partial charge in [0, 0.05) is 13.7 Å². The van der Waals surface area contributed by atoms with Crippen LogP contribution in [0.2, 0.25) is 0 Å². The molecule has 1 rings (SSSR count). The van der Waals surface area contributed by atoms with Gasteiger partial charge in [0.2, 0.25) is 5.91 Å². The van der Waals surface area contributed by atoms with Crippen molar-refractivity contribution in [1.29, 1.82) is 0 Å². The molecule has 0 aliphatic rings. The smallest absolute Gasteiger partial charge is 0.239 e. The molecule has 0 radical (unpaired) electrons. The van der Waals surface area contributed by atoms with Crippen molar-refractivity contribution in [3.05, 3.63) is 22.4 Å². The Kier molecular flexibility index (Phi) is 7.33. The Morgan fingerprint density at radius 1 is 1.73 bits per heavy atom. The van der Waals surface area contributed by atoms with Crippen LogP contribution in [0.4, 0.5) is 0 Å². The van der Waals surface area contributed by atoms with Gasteiger partial charge in [-0.1, -0.05) is 0 Å². The summed E-state index contributed by atoms with van der Waals surface area (Å²) < 4.78 is 4.78. The van der Waals surface area contributed by atoms with Crippen molar-refractivity contribution in [2.75, 3.05) is 13.7 Å². The summed E-state index contributed by atoms with van der Waals surface area (Å²) in [6.45, 7) is 0.773. The second-order valence-electron chi connectivity index (χ2n) is 2.91. The van der Waals surface area contributed by atoms with Crippen molar-refractivity contribution < 1.29 is 9.53 Å². The summed E-state index contributed by atoms with van der Waals surface area (Å²) in [5.41, 5.74) is 6.62. The zero-order valence-electron chi connectivity index (χ0n) is 8.43. The Balaban J connectivity index is 0.00000196. The topological polar surface area (TPSA) is 64.3 Å². The van der Waals surface area contributed by atoms with Gasteiger partial charge >= 0.3 is 0 Å². The van der Waals surface area contributed by atoms with Crippen LogP contribution in [-0.2, 0) is 16.1 Å². The van der Waals surface area contributed by atoms with Gasteiger partial charge in [-0.05, 0) is 22.4 Å². The third kappa shape index (κ3) is 5.13. The number of methoxy groups -OCH3 is 1. The molecule has 1 unspecified atom stereocenters. The Labute approximate surface area is 99.2 Å². The number of hydrogen-bond donors (Lipinski definition) is 2. The van der Waals surface area contributed by atoms with E-state index in [0.717, 1.165) is 5.56 Å². The van der Waals surface area contributed by atoms with E-state index in [4.69, 9.17) is 10.5 Å². The molecule has 1 heterocycles. The lowest BCUT2D eigenvalue weighted by Crippen LogP contribution is -2.43. The van der Waals surface area contributed by atoms with Crippen LogP contribution < -0.4 is 11.1 Å². The maximum absolute atomic E-state index is 11.3. The highest BCUT2D eigenvalue weighted by Crippen LogP contribution is 2.04. The third-order valence-electron chi connectivity index (χ3n) is 1.73. The highest BCUT2D eigenvalue weighted by atomic mass is 35.5. The molecule has 86 valence electrons. The lowest BCUT2D eigenvalue weighted by Gasteiger charge is -2.10. The number of amides is 1.